The van der Waals surface area contributed by atoms with Gasteiger partial charge in [-0.15, -0.1) is 0 Å². The maximum Gasteiger partial charge on any atom is 0.236 e. The van der Waals surface area contributed by atoms with Crippen molar-refractivity contribution in [2.24, 2.45) is 0 Å². The monoisotopic (exact) mass is 231 g/mol. The smallest absolute Gasteiger partial charge is 0.236 e. The molecule has 0 bridgehead atoms. The summed E-state index contributed by atoms with van der Waals surface area (Å²) < 4.78 is 5.00. The summed E-state index contributed by atoms with van der Waals surface area (Å²) in [7, 11) is 7.51. The lowest BCUT2D eigenvalue weighted by atomic mass is 10.3. The first-order chi connectivity index (χ1) is 7.61. The van der Waals surface area contributed by atoms with E-state index in [0.717, 1.165) is 19.5 Å². The normalized spacial score (nSPS) is 10.8. The highest BCUT2D eigenvalue weighted by molar-refractivity contribution is 5.78. The summed E-state index contributed by atoms with van der Waals surface area (Å²) in [5.41, 5.74) is 0. The zero-order valence-electron chi connectivity index (χ0n) is 11.0. The maximum atomic E-state index is 11.7. The lowest BCUT2D eigenvalue weighted by Gasteiger charge is -2.23. The molecule has 0 aromatic rings. The number of likely N-dealkylation sites (N-methyl/N-ethyl adjacent to an activating group) is 1. The van der Waals surface area contributed by atoms with Crippen molar-refractivity contribution < 1.29 is 9.53 Å². The Morgan fingerprint density at radius 3 is 2.44 bits per heavy atom. The second-order valence-corrected chi connectivity index (χ2v) is 4.06. The predicted molar refractivity (Wildman–Crippen MR) is 65.6 cm³/mol. The number of ether oxygens (including phenoxy) is 1. The predicted octanol–water partition coefficient (Wildman–Crippen LogP) is -0.367. The van der Waals surface area contributed by atoms with E-state index in [-0.39, 0.29) is 5.91 Å². The molecule has 0 aliphatic heterocycles. The summed E-state index contributed by atoms with van der Waals surface area (Å²) in [6, 6.07) is 0. The van der Waals surface area contributed by atoms with Crippen LogP contribution in [0.25, 0.3) is 0 Å². The number of carbonyl (C=O) groups excluding carboxylic acids is 1. The van der Waals surface area contributed by atoms with Gasteiger partial charge in [0, 0.05) is 20.2 Å². The van der Waals surface area contributed by atoms with E-state index in [1.54, 1.807) is 14.2 Å². The van der Waals surface area contributed by atoms with Crippen LogP contribution in [0.2, 0.25) is 0 Å². The van der Waals surface area contributed by atoms with E-state index in [1.807, 2.05) is 19.0 Å². The van der Waals surface area contributed by atoms with Gasteiger partial charge in [0.05, 0.1) is 13.2 Å². The molecule has 0 rings (SSSR count). The molecule has 0 aromatic carbocycles. The molecule has 0 saturated heterocycles. The van der Waals surface area contributed by atoms with E-state index in [2.05, 4.69) is 10.2 Å². The highest BCUT2D eigenvalue weighted by Gasteiger charge is 2.11. The van der Waals surface area contributed by atoms with Gasteiger partial charge < -0.3 is 19.9 Å². The standard InChI is InChI=1S/C11H25N3O2/c1-12-10-11(15)14(8-9-16-4)7-5-6-13(2)3/h12H,5-10H2,1-4H3. The van der Waals surface area contributed by atoms with Gasteiger partial charge in [-0.1, -0.05) is 0 Å². The summed E-state index contributed by atoms with van der Waals surface area (Å²) in [4.78, 5) is 15.7. The molecule has 0 spiro atoms. The van der Waals surface area contributed by atoms with Gasteiger partial charge in [-0.3, -0.25) is 4.79 Å². The first-order valence-corrected chi connectivity index (χ1v) is 5.67. The van der Waals surface area contributed by atoms with Gasteiger partial charge >= 0.3 is 0 Å². The Morgan fingerprint density at radius 1 is 1.25 bits per heavy atom. The quantitative estimate of drug-likeness (QED) is 0.588. The molecule has 5 nitrogen and oxygen atoms in total. The Balaban J connectivity index is 3.94. The van der Waals surface area contributed by atoms with Crippen LogP contribution >= 0.6 is 0 Å². The fourth-order valence-corrected chi connectivity index (χ4v) is 1.40. The van der Waals surface area contributed by atoms with Crippen molar-refractivity contribution in [3.63, 3.8) is 0 Å². The van der Waals surface area contributed by atoms with Gasteiger partial charge in [0.2, 0.25) is 5.91 Å². The Morgan fingerprint density at radius 2 is 1.94 bits per heavy atom. The summed E-state index contributed by atoms with van der Waals surface area (Å²) in [6.45, 7) is 3.45. The highest BCUT2D eigenvalue weighted by Crippen LogP contribution is 1.94. The Kier molecular flexibility index (Phi) is 9.18. The molecule has 1 amide bonds. The van der Waals surface area contributed by atoms with Gasteiger partial charge in [0.1, 0.15) is 0 Å². The highest BCUT2D eigenvalue weighted by atomic mass is 16.5. The minimum Gasteiger partial charge on any atom is -0.383 e. The number of methoxy groups -OCH3 is 1. The number of hydrogen-bond acceptors (Lipinski definition) is 4. The van der Waals surface area contributed by atoms with Crippen LogP contribution in [0.15, 0.2) is 0 Å². The third-order valence-electron chi connectivity index (χ3n) is 2.28. The fourth-order valence-electron chi connectivity index (χ4n) is 1.40. The minimum atomic E-state index is 0.137. The van der Waals surface area contributed by atoms with Gasteiger partial charge in [0.25, 0.3) is 0 Å². The van der Waals surface area contributed by atoms with Crippen molar-refractivity contribution in [1.82, 2.24) is 15.1 Å². The molecule has 0 aromatic heterocycles. The fraction of sp³-hybridized carbons (Fsp3) is 0.909. The molecule has 0 unspecified atom stereocenters. The molecule has 0 radical (unpaired) electrons. The lowest BCUT2D eigenvalue weighted by Crippen LogP contribution is -2.40. The molecule has 1 N–H and O–H groups in total. The Hall–Kier alpha value is -0.650. The topological polar surface area (TPSA) is 44.8 Å². The second kappa shape index (κ2) is 9.57. The van der Waals surface area contributed by atoms with Gasteiger partial charge in [-0.05, 0) is 34.1 Å². The third-order valence-corrected chi connectivity index (χ3v) is 2.28. The lowest BCUT2D eigenvalue weighted by molar-refractivity contribution is -0.130. The number of carbonyl (C=O) groups is 1. The number of amides is 1. The van der Waals surface area contributed by atoms with Crippen LogP contribution in [0.1, 0.15) is 6.42 Å². The van der Waals surface area contributed by atoms with Crippen molar-refractivity contribution in [1.29, 1.82) is 0 Å². The number of nitrogens with zero attached hydrogens (tertiary/aromatic N) is 2. The van der Waals surface area contributed by atoms with Crippen LogP contribution in [0.3, 0.4) is 0 Å². The molecule has 0 aliphatic rings. The van der Waals surface area contributed by atoms with E-state index in [9.17, 15) is 4.79 Å². The molecule has 0 saturated carbocycles. The molecule has 0 atom stereocenters. The minimum absolute atomic E-state index is 0.137. The Labute approximate surface area is 98.7 Å². The molecule has 5 heteroatoms. The largest absolute Gasteiger partial charge is 0.383 e. The second-order valence-electron chi connectivity index (χ2n) is 4.06. The first kappa shape index (κ1) is 15.3. The zero-order valence-corrected chi connectivity index (χ0v) is 11.0. The molecular weight excluding hydrogens is 206 g/mol. The van der Waals surface area contributed by atoms with Crippen LogP contribution in [0, 0.1) is 0 Å². The van der Waals surface area contributed by atoms with Crippen molar-refractivity contribution >= 4 is 5.91 Å². The van der Waals surface area contributed by atoms with Crippen LogP contribution in [-0.4, -0.2) is 76.7 Å². The van der Waals surface area contributed by atoms with Crippen molar-refractivity contribution in [3.05, 3.63) is 0 Å². The maximum absolute atomic E-state index is 11.7. The average molecular weight is 231 g/mol. The third kappa shape index (κ3) is 7.62. The van der Waals surface area contributed by atoms with Crippen LogP contribution in [-0.2, 0) is 9.53 Å². The van der Waals surface area contributed by atoms with Crippen molar-refractivity contribution in [2.45, 2.75) is 6.42 Å². The molecule has 96 valence electrons. The Bertz CT molecular complexity index is 186. The van der Waals surface area contributed by atoms with Gasteiger partial charge in [-0.25, -0.2) is 0 Å². The van der Waals surface area contributed by atoms with Crippen LogP contribution < -0.4 is 5.32 Å². The SMILES string of the molecule is CNCC(=O)N(CCCN(C)C)CCOC. The summed E-state index contributed by atoms with van der Waals surface area (Å²) in [5.74, 6) is 0.137. The van der Waals surface area contributed by atoms with Crippen LogP contribution in [0.5, 0.6) is 0 Å². The van der Waals surface area contributed by atoms with E-state index in [1.165, 1.54) is 0 Å². The molecular formula is C11H25N3O2. The van der Waals surface area contributed by atoms with E-state index in [0.29, 0.717) is 19.7 Å². The number of hydrogen-bond donors (Lipinski definition) is 1. The van der Waals surface area contributed by atoms with E-state index in [4.69, 9.17) is 4.74 Å². The van der Waals surface area contributed by atoms with E-state index >= 15 is 0 Å². The summed E-state index contributed by atoms with van der Waals surface area (Å²) in [6.07, 6.45) is 0.992. The zero-order chi connectivity index (χ0) is 12.4. The van der Waals surface area contributed by atoms with Crippen LogP contribution in [0.4, 0.5) is 0 Å². The molecule has 0 fully saturated rings. The summed E-state index contributed by atoms with van der Waals surface area (Å²) in [5, 5.41) is 2.88. The molecule has 0 aliphatic carbocycles. The molecule has 16 heavy (non-hydrogen) atoms. The first-order valence-electron chi connectivity index (χ1n) is 5.67. The van der Waals surface area contributed by atoms with E-state index < -0.39 is 0 Å². The summed E-state index contributed by atoms with van der Waals surface area (Å²) >= 11 is 0. The van der Waals surface area contributed by atoms with Crippen molar-refractivity contribution in [2.75, 3.05) is 61.0 Å². The number of rotatable bonds is 9. The van der Waals surface area contributed by atoms with Gasteiger partial charge in [-0.2, -0.15) is 0 Å². The van der Waals surface area contributed by atoms with Gasteiger partial charge in [0.15, 0.2) is 0 Å². The molecule has 0 heterocycles. The average Bonchev–Trinajstić information content (AvgIpc) is 2.22. The number of nitrogens with one attached hydrogen (secondary N) is 1. The van der Waals surface area contributed by atoms with Crippen molar-refractivity contribution in [3.8, 4) is 0 Å².